The van der Waals surface area contributed by atoms with Gasteiger partial charge in [-0.25, -0.2) is 0 Å². The number of methoxy groups -OCH3 is 3. The molecule has 0 saturated heterocycles. The van der Waals surface area contributed by atoms with E-state index >= 15 is 0 Å². The van der Waals surface area contributed by atoms with E-state index in [1.165, 1.54) is 0 Å². The van der Waals surface area contributed by atoms with E-state index in [2.05, 4.69) is 0 Å². The fourth-order valence-electron chi connectivity index (χ4n) is 1.75. The smallest absolute Gasteiger partial charge is 0.203 e. The van der Waals surface area contributed by atoms with Crippen LogP contribution in [0.15, 0.2) is 12.1 Å². The van der Waals surface area contributed by atoms with Gasteiger partial charge in [-0.15, -0.1) is 0 Å². The molecule has 0 spiro atoms. The lowest BCUT2D eigenvalue weighted by atomic mass is 10.0. The molecule has 0 aliphatic carbocycles. The van der Waals surface area contributed by atoms with Gasteiger partial charge >= 0.3 is 0 Å². The van der Waals surface area contributed by atoms with Gasteiger partial charge in [-0.3, -0.25) is 0 Å². The molecule has 0 aliphatic rings. The number of benzene rings is 1. The van der Waals surface area contributed by atoms with E-state index in [4.69, 9.17) is 25.7 Å². The van der Waals surface area contributed by atoms with Gasteiger partial charge in [0.2, 0.25) is 5.75 Å². The summed E-state index contributed by atoms with van der Waals surface area (Å²) in [6.45, 7) is 0.526. The van der Waals surface area contributed by atoms with Gasteiger partial charge in [-0.2, -0.15) is 0 Å². The van der Waals surface area contributed by atoms with Crippen molar-refractivity contribution in [2.45, 2.75) is 12.5 Å². The molecule has 0 amide bonds. The second-order valence-corrected chi connectivity index (χ2v) is 3.61. The van der Waals surface area contributed by atoms with Crippen LogP contribution in [-0.2, 0) is 0 Å². The van der Waals surface area contributed by atoms with Crippen LogP contribution in [0.5, 0.6) is 17.2 Å². The van der Waals surface area contributed by atoms with Crippen LogP contribution in [0.25, 0.3) is 0 Å². The van der Waals surface area contributed by atoms with Crippen LogP contribution >= 0.6 is 0 Å². The van der Waals surface area contributed by atoms with Crippen LogP contribution in [0.1, 0.15) is 18.0 Å². The second-order valence-electron chi connectivity index (χ2n) is 3.61. The fourth-order valence-corrected chi connectivity index (χ4v) is 1.75. The molecule has 5 heteroatoms. The average molecular weight is 240 g/mol. The molecule has 1 aromatic carbocycles. The van der Waals surface area contributed by atoms with Crippen molar-refractivity contribution >= 4 is 0 Å². The third kappa shape index (κ3) is 2.81. The van der Waals surface area contributed by atoms with Crippen molar-refractivity contribution in [3.63, 3.8) is 0 Å². The van der Waals surface area contributed by atoms with Gasteiger partial charge in [0.05, 0.1) is 21.3 Å². The van der Waals surface area contributed by atoms with E-state index in [-0.39, 0.29) is 6.04 Å². The predicted molar refractivity (Wildman–Crippen MR) is 66.7 cm³/mol. The van der Waals surface area contributed by atoms with E-state index in [1.807, 2.05) is 12.1 Å². The van der Waals surface area contributed by atoms with Crippen molar-refractivity contribution in [1.29, 1.82) is 0 Å². The highest BCUT2D eigenvalue weighted by atomic mass is 16.5. The molecule has 0 radical (unpaired) electrons. The lowest BCUT2D eigenvalue weighted by molar-refractivity contribution is 0.320. The fraction of sp³-hybridized carbons (Fsp3) is 0.500. The summed E-state index contributed by atoms with van der Waals surface area (Å²) in [6, 6.07) is 3.52. The maximum absolute atomic E-state index is 6.04. The molecule has 1 aromatic rings. The molecule has 17 heavy (non-hydrogen) atoms. The molecule has 0 saturated carbocycles. The topological polar surface area (TPSA) is 79.7 Å². The first-order valence-corrected chi connectivity index (χ1v) is 5.44. The van der Waals surface area contributed by atoms with E-state index in [0.29, 0.717) is 30.2 Å². The normalized spacial score (nSPS) is 12.1. The lowest BCUT2D eigenvalue weighted by Crippen LogP contribution is -2.16. The highest BCUT2D eigenvalue weighted by Gasteiger charge is 2.19. The number of rotatable bonds is 6. The van der Waals surface area contributed by atoms with Gasteiger partial charge in [0, 0.05) is 11.6 Å². The van der Waals surface area contributed by atoms with Crippen LogP contribution < -0.4 is 25.7 Å². The number of ether oxygens (including phenoxy) is 3. The van der Waals surface area contributed by atoms with Crippen molar-refractivity contribution in [2.24, 2.45) is 11.5 Å². The molecule has 0 aliphatic heterocycles. The first-order chi connectivity index (χ1) is 8.19. The Hall–Kier alpha value is -1.46. The Morgan fingerprint density at radius 1 is 1.06 bits per heavy atom. The molecule has 96 valence electrons. The van der Waals surface area contributed by atoms with Crippen molar-refractivity contribution < 1.29 is 14.2 Å². The van der Waals surface area contributed by atoms with Gasteiger partial charge in [0.1, 0.15) is 0 Å². The van der Waals surface area contributed by atoms with Gasteiger partial charge in [0.15, 0.2) is 11.5 Å². The zero-order valence-electron chi connectivity index (χ0n) is 10.5. The van der Waals surface area contributed by atoms with E-state index in [1.54, 1.807) is 21.3 Å². The number of hydrogen-bond donors (Lipinski definition) is 2. The Morgan fingerprint density at radius 2 is 1.71 bits per heavy atom. The Kier molecular flexibility index (Phi) is 5.06. The zero-order chi connectivity index (χ0) is 12.8. The molecule has 5 nitrogen and oxygen atoms in total. The van der Waals surface area contributed by atoms with E-state index in [0.717, 1.165) is 5.56 Å². The molecule has 0 heterocycles. The molecule has 0 aromatic heterocycles. The first kappa shape index (κ1) is 13.6. The maximum Gasteiger partial charge on any atom is 0.203 e. The average Bonchev–Trinajstić information content (AvgIpc) is 2.36. The number of hydrogen-bond acceptors (Lipinski definition) is 5. The van der Waals surface area contributed by atoms with Crippen LogP contribution in [-0.4, -0.2) is 27.9 Å². The SMILES string of the molecule is COc1ccc([C@H](N)CCN)c(OC)c1OC. The Labute approximate surface area is 102 Å². The summed E-state index contributed by atoms with van der Waals surface area (Å²) in [5.41, 5.74) is 12.4. The predicted octanol–water partition coefficient (Wildman–Crippen LogP) is 1.06. The summed E-state index contributed by atoms with van der Waals surface area (Å²) in [5.74, 6) is 1.78. The van der Waals surface area contributed by atoms with Gasteiger partial charge in [0.25, 0.3) is 0 Å². The Morgan fingerprint density at radius 3 is 2.18 bits per heavy atom. The largest absolute Gasteiger partial charge is 0.493 e. The lowest BCUT2D eigenvalue weighted by Gasteiger charge is -2.19. The Balaban J connectivity index is 3.22. The maximum atomic E-state index is 6.04. The Bertz CT molecular complexity index is 369. The summed E-state index contributed by atoms with van der Waals surface area (Å²) in [7, 11) is 4.73. The van der Waals surface area contributed by atoms with Crippen LogP contribution in [0.2, 0.25) is 0 Å². The third-order valence-electron chi connectivity index (χ3n) is 2.61. The monoisotopic (exact) mass is 240 g/mol. The molecule has 1 rings (SSSR count). The summed E-state index contributed by atoms with van der Waals surface area (Å²) in [4.78, 5) is 0. The van der Waals surface area contributed by atoms with Crippen LogP contribution in [0.3, 0.4) is 0 Å². The highest BCUT2D eigenvalue weighted by Crippen LogP contribution is 2.41. The van der Waals surface area contributed by atoms with Crippen LogP contribution in [0, 0.1) is 0 Å². The van der Waals surface area contributed by atoms with Crippen molar-refractivity contribution in [2.75, 3.05) is 27.9 Å². The van der Waals surface area contributed by atoms with Gasteiger partial charge < -0.3 is 25.7 Å². The molecule has 0 fully saturated rings. The van der Waals surface area contributed by atoms with Crippen molar-refractivity contribution in [1.82, 2.24) is 0 Å². The molecule has 0 bridgehead atoms. The minimum atomic E-state index is -0.172. The second kappa shape index (κ2) is 6.32. The minimum absolute atomic E-state index is 0.172. The summed E-state index contributed by atoms with van der Waals surface area (Å²) in [6.07, 6.45) is 0.686. The molecule has 4 N–H and O–H groups in total. The summed E-state index contributed by atoms with van der Waals surface area (Å²) < 4.78 is 15.8. The molecular weight excluding hydrogens is 220 g/mol. The highest BCUT2D eigenvalue weighted by molar-refractivity contribution is 5.56. The molecule has 1 atom stereocenters. The molecule has 0 unspecified atom stereocenters. The van der Waals surface area contributed by atoms with Gasteiger partial charge in [-0.05, 0) is 25.1 Å². The third-order valence-corrected chi connectivity index (χ3v) is 2.61. The number of nitrogens with two attached hydrogens (primary N) is 2. The van der Waals surface area contributed by atoms with E-state index < -0.39 is 0 Å². The standard InChI is InChI=1S/C12H20N2O3/c1-15-10-5-4-8(9(14)6-7-13)11(16-2)12(10)17-3/h4-5,9H,6-7,13-14H2,1-3H3/t9-/m1/s1. The summed E-state index contributed by atoms with van der Waals surface area (Å²) >= 11 is 0. The van der Waals surface area contributed by atoms with Gasteiger partial charge in [-0.1, -0.05) is 0 Å². The zero-order valence-corrected chi connectivity index (χ0v) is 10.5. The quantitative estimate of drug-likeness (QED) is 0.777. The van der Waals surface area contributed by atoms with E-state index in [9.17, 15) is 0 Å². The summed E-state index contributed by atoms with van der Waals surface area (Å²) in [5, 5.41) is 0. The first-order valence-electron chi connectivity index (χ1n) is 5.44. The van der Waals surface area contributed by atoms with Crippen molar-refractivity contribution in [3.8, 4) is 17.2 Å². The minimum Gasteiger partial charge on any atom is -0.493 e. The van der Waals surface area contributed by atoms with Crippen LogP contribution in [0.4, 0.5) is 0 Å². The molecular formula is C12H20N2O3. The van der Waals surface area contributed by atoms with Crippen molar-refractivity contribution in [3.05, 3.63) is 17.7 Å².